The van der Waals surface area contributed by atoms with Gasteiger partial charge in [0.05, 0.1) is 11.2 Å². The lowest BCUT2D eigenvalue weighted by molar-refractivity contribution is 0.534. The Morgan fingerprint density at radius 3 is 2.89 bits per heavy atom. The predicted molar refractivity (Wildman–Crippen MR) is 78.2 cm³/mol. The third-order valence-electron chi connectivity index (χ3n) is 3.26. The Morgan fingerprint density at radius 2 is 2.32 bits per heavy atom. The first kappa shape index (κ1) is 14.5. The topological polar surface area (TPSA) is 64.0 Å². The minimum absolute atomic E-state index is 0.0412. The maximum absolute atomic E-state index is 12.2. The first-order valence-electron chi connectivity index (χ1n) is 6.30. The van der Waals surface area contributed by atoms with Gasteiger partial charge in [-0.25, -0.2) is 4.68 Å². The van der Waals surface area contributed by atoms with Crippen LogP contribution in [0.3, 0.4) is 0 Å². The Labute approximate surface area is 119 Å². The number of halogens is 1. The average molecular weight is 304 g/mol. The van der Waals surface area contributed by atoms with Crippen LogP contribution in [0.2, 0.25) is 5.02 Å². The summed E-state index contributed by atoms with van der Waals surface area (Å²) < 4.78 is 12.8. The first-order chi connectivity index (χ1) is 8.99. The van der Waals surface area contributed by atoms with Crippen LogP contribution in [0, 0.1) is 5.92 Å². The Kier molecular flexibility index (Phi) is 4.62. The van der Waals surface area contributed by atoms with Gasteiger partial charge in [0.2, 0.25) is 0 Å². The quantitative estimate of drug-likeness (QED) is 0.865. The molecule has 1 aliphatic rings. The summed E-state index contributed by atoms with van der Waals surface area (Å²) in [6, 6.07) is 0. The van der Waals surface area contributed by atoms with Crippen LogP contribution < -0.4 is 10.9 Å². The highest BCUT2D eigenvalue weighted by Gasteiger charge is 2.23. The summed E-state index contributed by atoms with van der Waals surface area (Å²) in [6.07, 6.45) is 5.45. The van der Waals surface area contributed by atoms with E-state index in [9.17, 15) is 9.00 Å². The fourth-order valence-corrected chi connectivity index (χ4v) is 2.18. The second-order valence-corrected chi connectivity index (χ2v) is 7.20. The zero-order chi connectivity index (χ0) is 14.0. The normalized spacial score (nSPS) is 18.1. The van der Waals surface area contributed by atoms with E-state index < -0.39 is 10.8 Å². The SMILES string of the molecule is CC(CNc1c(Cl)cnn(CC2CC2)c1=O)S(C)=O. The number of nitrogens with zero attached hydrogens (tertiary/aromatic N) is 2. The number of hydrogen-bond acceptors (Lipinski definition) is 4. The fraction of sp³-hybridized carbons (Fsp3) is 0.667. The molecule has 0 aliphatic heterocycles. The average Bonchev–Trinajstić information content (AvgIpc) is 3.16. The maximum Gasteiger partial charge on any atom is 0.291 e. The van der Waals surface area contributed by atoms with Crippen molar-refractivity contribution in [1.29, 1.82) is 0 Å². The van der Waals surface area contributed by atoms with Gasteiger partial charge in [0, 0.05) is 35.4 Å². The molecule has 0 aromatic carbocycles. The van der Waals surface area contributed by atoms with Gasteiger partial charge in [-0.15, -0.1) is 0 Å². The minimum Gasteiger partial charge on any atom is -0.378 e. The van der Waals surface area contributed by atoms with Gasteiger partial charge in [0.15, 0.2) is 0 Å². The molecule has 1 aromatic heterocycles. The second kappa shape index (κ2) is 6.05. The number of aromatic nitrogens is 2. The summed E-state index contributed by atoms with van der Waals surface area (Å²) >= 11 is 6.00. The molecule has 2 rings (SSSR count). The molecule has 0 radical (unpaired) electrons. The highest BCUT2D eigenvalue weighted by molar-refractivity contribution is 7.84. The van der Waals surface area contributed by atoms with E-state index in [-0.39, 0.29) is 10.8 Å². The van der Waals surface area contributed by atoms with E-state index in [1.807, 2.05) is 6.92 Å². The van der Waals surface area contributed by atoms with Gasteiger partial charge >= 0.3 is 0 Å². The molecule has 1 aromatic rings. The highest BCUT2D eigenvalue weighted by Crippen LogP contribution is 2.30. The molecular formula is C12H18ClN3O2S. The van der Waals surface area contributed by atoms with E-state index in [0.29, 0.717) is 29.7 Å². The van der Waals surface area contributed by atoms with Crippen LogP contribution in [-0.4, -0.2) is 32.0 Å². The molecule has 0 amide bonds. The lowest BCUT2D eigenvalue weighted by Gasteiger charge is -2.13. The van der Waals surface area contributed by atoms with Crippen LogP contribution >= 0.6 is 11.6 Å². The van der Waals surface area contributed by atoms with Gasteiger partial charge < -0.3 is 5.32 Å². The van der Waals surface area contributed by atoms with Gasteiger partial charge in [-0.1, -0.05) is 11.6 Å². The number of nitrogens with one attached hydrogen (secondary N) is 1. The van der Waals surface area contributed by atoms with Crippen LogP contribution in [0.4, 0.5) is 5.69 Å². The van der Waals surface area contributed by atoms with E-state index in [0.717, 1.165) is 12.8 Å². The van der Waals surface area contributed by atoms with E-state index in [1.165, 1.54) is 10.9 Å². The van der Waals surface area contributed by atoms with Crippen LogP contribution in [0.1, 0.15) is 19.8 Å². The molecule has 7 heteroatoms. The Hall–Kier alpha value is -0.880. The molecule has 106 valence electrons. The van der Waals surface area contributed by atoms with E-state index >= 15 is 0 Å². The van der Waals surface area contributed by atoms with Crippen molar-refractivity contribution in [3.8, 4) is 0 Å². The molecule has 1 aliphatic carbocycles. The summed E-state index contributed by atoms with van der Waals surface area (Å²) in [5.74, 6) is 0.571. The van der Waals surface area contributed by atoms with Crippen LogP contribution in [0.15, 0.2) is 11.0 Å². The smallest absolute Gasteiger partial charge is 0.291 e. The standard InChI is InChI=1S/C12H18ClN3O2S/c1-8(19(2)18)5-14-11-10(13)6-15-16(12(11)17)7-9-3-4-9/h6,8-9,14H,3-5,7H2,1-2H3. The Morgan fingerprint density at radius 1 is 1.63 bits per heavy atom. The molecular weight excluding hydrogens is 286 g/mol. The monoisotopic (exact) mass is 303 g/mol. The first-order valence-corrected chi connectivity index (χ1v) is 8.30. The lowest BCUT2D eigenvalue weighted by Crippen LogP contribution is -2.29. The molecule has 0 bridgehead atoms. The molecule has 0 spiro atoms. The summed E-state index contributed by atoms with van der Waals surface area (Å²) in [5, 5.41) is 7.32. The summed E-state index contributed by atoms with van der Waals surface area (Å²) in [7, 11) is -0.932. The van der Waals surface area contributed by atoms with Crippen molar-refractivity contribution in [3.63, 3.8) is 0 Å². The Balaban J connectivity index is 2.13. The zero-order valence-electron chi connectivity index (χ0n) is 11.1. The highest BCUT2D eigenvalue weighted by atomic mass is 35.5. The van der Waals surface area contributed by atoms with Gasteiger partial charge in [-0.05, 0) is 25.7 Å². The molecule has 2 atom stereocenters. The van der Waals surface area contributed by atoms with Gasteiger partial charge in [0.25, 0.3) is 5.56 Å². The van der Waals surface area contributed by atoms with Crippen molar-refractivity contribution in [2.75, 3.05) is 18.1 Å². The van der Waals surface area contributed by atoms with Crippen molar-refractivity contribution < 1.29 is 4.21 Å². The van der Waals surface area contributed by atoms with Gasteiger partial charge in [-0.3, -0.25) is 9.00 Å². The van der Waals surface area contributed by atoms with E-state index in [2.05, 4.69) is 10.4 Å². The third kappa shape index (κ3) is 3.79. The maximum atomic E-state index is 12.2. The van der Waals surface area contributed by atoms with Crippen molar-refractivity contribution >= 4 is 28.1 Å². The number of hydrogen-bond donors (Lipinski definition) is 1. The summed E-state index contributed by atoms with van der Waals surface area (Å²) in [4.78, 5) is 12.2. The van der Waals surface area contributed by atoms with Crippen molar-refractivity contribution in [2.24, 2.45) is 5.92 Å². The summed E-state index contributed by atoms with van der Waals surface area (Å²) in [6.45, 7) is 2.96. The molecule has 1 saturated carbocycles. The fourth-order valence-electron chi connectivity index (χ4n) is 1.67. The zero-order valence-corrected chi connectivity index (χ0v) is 12.6. The van der Waals surface area contributed by atoms with Crippen molar-refractivity contribution in [3.05, 3.63) is 21.6 Å². The van der Waals surface area contributed by atoms with Gasteiger partial charge in [0.1, 0.15) is 5.69 Å². The largest absolute Gasteiger partial charge is 0.378 e. The van der Waals surface area contributed by atoms with Crippen LogP contribution in [0.5, 0.6) is 0 Å². The Bertz CT molecular complexity index is 542. The molecule has 19 heavy (non-hydrogen) atoms. The minimum atomic E-state index is -0.932. The molecule has 0 saturated heterocycles. The second-order valence-electron chi connectivity index (χ2n) is 4.99. The van der Waals surface area contributed by atoms with Crippen molar-refractivity contribution in [2.45, 2.75) is 31.6 Å². The summed E-state index contributed by atoms with van der Waals surface area (Å²) in [5.41, 5.74) is 0.156. The van der Waals surface area contributed by atoms with E-state index in [4.69, 9.17) is 11.6 Å². The van der Waals surface area contributed by atoms with Crippen LogP contribution in [-0.2, 0) is 17.3 Å². The number of anilines is 1. The molecule has 1 N–H and O–H groups in total. The lowest BCUT2D eigenvalue weighted by atomic mass is 10.4. The molecule has 1 fully saturated rings. The predicted octanol–water partition coefficient (Wildman–Crippen LogP) is 1.49. The van der Waals surface area contributed by atoms with Crippen molar-refractivity contribution in [1.82, 2.24) is 9.78 Å². The third-order valence-corrected chi connectivity index (χ3v) is 4.85. The number of rotatable bonds is 6. The molecule has 1 heterocycles. The van der Waals surface area contributed by atoms with Crippen LogP contribution in [0.25, 0.3) is 0 Å². The van der Waals surface area contributed by atoms with Gasteiger partial charge in [-0.2, -0.15) is 5.10 Å². The molecule has 5 nitrogen and oxygen atoms in total. The van der Waals surface area contributed by atoms with E-state index in [1.54, 1.807) is 6.26 Å². The molecule has 2 unspecified atom stereocenters.